The number of benzene rings is 1. The molecule has 0 spiro atoms. The number of methoxy groups -OCH3 is 1. The number of rotatable bonds is 6. The fourth-order valence-corrected chi connectivity index (χ4v) is 2.87. The Labute approximate surface area is 127 Å². The van der Waals surface area contributed by atoms with Crippen LogP contribution in [0.5, 0.6) is 0 Å². The molecule has 1 aliphatic rings. The largest absolute Gasteiger partial charge is 0.368 e. The molecule has 0 radical (unpaired) electrons. The molecule has 21 heavy (non-hydrogen) atoms. The SMILES string of the molecule is CCC(Cc1ccccc1)NC(=O)C1(OC)CCNCC1. The van der Waals surface area contributed by atoms with Crippen molar-refractivity contribution in [3.05, 3.63) is 35.9 Å². The Bertz CT molecular complexity index is 441. The van der Waals surface area contributed by atoms with Crippen LogP contribution < -0.4 is 10.6 Å². The Balaban J connectivity index is 1.98. The van der Waals surface area contributed by atoms with Gasteiger partial charge in [-0.25, -0.2) is 0 Å². The number of carbonyl (C=O) groups is 1. The van der Waals surface area contributed by atoms with E-state index in [1.54, 1.807) is 7.11 Å². The van der Waals surface area contributed by atoms with Crippen molar-refractivity contribution < 1.29 is 9.53 Å². The maximum Gasteiger partial charge on any atom is 0.252 e. The Hall–Kier alpha value is -1.39. The Kier molecular flexibility index (Phi) is 5.76. The Morgan fingerprint density at radius 1 is 1.33 bits per heavy atom. The van der Waals surface area contributed by atoms with Gasteiger partial charge in [0.25, 0.3) is 5.91 Å². The van der Waals surface area contributed by atoms with E-state index in [2.05, 4.69) is 29.7 Å². The van der Waals surface area contributed by atoms with Crippen molar-refractivity contribution in [3.63, 3.8) is 0 Å². The molecule has 0 bridgehead atoms. The summed E-state index contributed by atoms with van der Waals surface area (Å²) < 4.78 is 5.58. The van der Waals surface area contributed by atoms with Gasteiger partial charge < -0.3 is 15.4 Å². The van der Waals surface area contributed by atoms with Crippen molar-refractivity contribution in [2.75, 3.05) is 20.2 Å². The Morgan fingerprint density at radius 3 is 2.57 bits per heavy atom. The van der Waals surface area contributed by atoms with Crippen molar-refractivity contribution in [2.45, 2.75) is 44.2 Å². The molecule has 1 aliphatic heterocycles. The molecular formula is C17H26N2O2. The summed E-state index contributed by atoms with van der Waals surface area (Å²) in [6, 6.07) is 10.4. The quantitative estimate of drug-likeness (QED) is 0.841. The van der Waals surface area contributed by atoms with Crippen LogP contribution in [0.2, 0.25) is 0 Å². The van der Waals surface area contributed by atoms with Crippen LogP contribution in [-0.2, 0) is 16.0 Å². The van der Waals surface area contributed by atoms with Crippen molar-refractivity contribution >= 4 is 5.91 Å². The summed E-state index contributed by atoms with van der Waals surface area (Å²) in [6.45, 7) is 3.77. The molecule has 0 saturated carbocycles. The molecule has 1 atom stereocenters. The summed E-state index contributed by atoms with van der Waals surface area (Å²) in [6.07, 6.45) is 3.24. The zero-order valence-corrected chi connectivity index (χ0v) is 13.0. The first-order valence-electron chi connectivity index (χ1n) is 7.81. The molecule has 1 fully saturated rings. The van der Waals surface area contributed by atoms with Crippen molar-refractivity contribution in [1.29, 1.82) is 0 Å². The van der Waals surface area contributed by atoms with Crippen LogP contribution in [0.4, 0.5) is 0 Å². The van der Waals surface area contributed by atoms with E-state index >= 15 is 0 Å². The number of hydrogen-bond donors (Lipinski definition) is 2. The minimum Gasteiger partial charge on any atom is -0.368 e. The van der Waals surface area contributed by atoms with Crippen LogP contribution in [0.3, 0.4) is 0 Å². The van der Waals surface area contributed by atoms with Crippen LogP contribution >= 0.6 is 0 Å². The highest BCUT2D eigenvalue weighted by Gasteiger charge is 2.40. The van der Waals surface area contributed by atoms with E-state index in [1.165, 1.54) is 5.56 Å². The predicted octanol–water partition coefficient (Wildman–Crippen LogP) is 1.89. The van der Waals surface area contributed by atoms with Gasteiger partial charge in [-0.2, -0.15) is 0 Å². The molecule has 1 unspecified atom stereocenters. The van der Waals surface area contributed by atoms with Crippen molar-refractivity contribution in [3.8, 4) is 0 Å². The number of ether oxygens (including phenoxy) is 1. The lowest BCUT2D eigenvalue weighted by molar-refractivity contribution is -0.147. The van der Waals surface area contributed by atoms with Gasteiger partial charge in [0.2, 0.25) is 0 Å². The molecule has 4 nitrogen and oxygen atoms in total. The smallest absolute Gasteiger partial charge is 0.252 e. The number of amides is 1. The van der Waals surface area contributed by atoms with E-state index in [-0.39, 0.29) is 11.9 Å². The molecule has 2 N–H and O–H groups in total. The standard InChI is InChI=1S/C17H26N2O2/c1-3-15(13-14-7-5-4-6-8-14)19-16(20)17(21-2)9-11-18-12-10-17/h4-8,15,18H,3,9-13H2,1-2H3,(H,19,20). The molecule has 1 aromatic rings. The first-order chi connectivity index (χ1) is 10.2. The summed E-state index contributed by atoms with van der Waals surface area (Å²) in [5.74, 6) is 0.0364. The minimum atomic E-state index is -0.657. The lowest BCUT2D eigenvalue weighted by atomic mass is 9.90. The summed E-state index contributed by atoms with van der Waals surface area (Å²) in [7, 11) is 1.64. The summed E-state index contributed by atoms with van der Waals surface area (Å²) in [4.78, 5) is 12.6. The summed E-state index contributed by atoms with van der Waals surface area (Å²) in [5, 5.41) is 6.46. The molecule has 1 amide bonds. The first-order valence-corrected chi connectivity index (χ1v) is 7.81. The molecule has 0 aromatic heterocycles. The van der Waals surface area contributed by atoms with E-state index in [1.807, 2.05) is 18.2 Å². The predicted molar refractivity (Wildman–Crippen MR) is 84.2 cm³/mol. The van der Waals surface area contributed by atoms with E-state index < -0.39 is 5.60 Å². The van der Waals surface area contributed by atoms with Crippen LogP contribution in [-0.4, -0.2) is 37.7 Å². The van der Waals surface area contributed by atoms with E-state index in [4.69, 9.17) is 4.74 Å². The first kappa shape index (κ1) is 16.0. The summed E-state index contributed by atoms with van der Waals surface area (Å²) in [5.41, 5.74) is 0.594. The average molecular weight is 290 g/mol. The van der Waals surface area contributed by atoms with Crippen LogP contribution in [0, 0.1) is 0 Å². The normalized spacial score (nSPS) is 19.0. The fraction of sp³-hybridized carbons (Fsp3) is 0.588. The highest BCUT2D eigenvalue weighted by atomic mass is 16.5. The number of carbonyl (C=O) groups excluding carboxylic acids is 1. The van der Waals surface area contributed by atoms with Gasteiger partial charge in [-0.05, 0) is 44.3 Å². The average Bonchev–Trinajstić information content (AvgIpc) is 2.55. The van der Waals surface area contributed by atoms with Gasteiger partial charge in [-0.1, -0.05) is 37.3 Å². The van der Waals surface area contributed by atoms with Gasteiger partial charge in [0.05, 0.1) is 0 Å². The van der Waals surface area contributed by atoms with Crippen molar-refractivity contribution in [1.82, 2.24) is 10.6 Å². The Morgan fingerprint density at radius 2 is 2.00 bits per heavy atom. The highest BCUT2D eigenvalue weighted by Crippen LogP contribution is 2.23. The molecule has 2 rings (SSSR count). The van der Waals surface area contributed by atoms with E-state index in [9.17, 15) is 4.79 Å². The lowest BCUT2D eigenvalue weighted by Gasteiger charge is -2.36. The van der Waals surface area contributed by atoms with Crippen LogP contribution in [0.1, 0.15) is 31.7 Å². The molecule has 1 heterocycles. The highest BCUT2D eigenvalue weighted by molar-refractivity contribution is 5.85. The minimum absolute atomic E-state index is 0.0364. The third-order valence-electron chi connectivity index (χ3n) is 4.37. The van der Waals surface area contributed by atoms with Crippen LogP contribution in [0.15, 0.2) is 30.3 Å². The van der Waals surface area contributed by atoms with Gasteiger partial charge in [0, 0.05) is 13.2 Å². The van der Waals surface area contributed by atoms with E-state index in [0.717, 1.165) is 38.8 Å². The third kappa shape index (κ3) is 4.05. The lowest BCUT2D eigenvalue weighted by Crippen LogP contribution is -2.56. The molecule has 1 aromatic carbocycles. The molecule has 1 saturated heterocycles. The van der Waals surface area contributed by atoms with Gasteiger partial charge in [0.1, 0.15) is 5.60 Å². The maximum absolute atomic E-state index is 12.6. The number of piperidine rings is 1. The number of hydrogen-bond acceptors (Lipinski definition) is 3. The molecule has 0 aliphatic carbocycles. The second-order valence-corrected chi connectivity index (χ2v) is 5.72. The second kappa shape index (κ2) is 7.57. The van der Waals surface area contributed by atoms with Gasteiger partial charge in [-0.15, -0.1) is 0 Å². The summed E-state index contributed by atoms with van der Waals surface area (Å²) >= 11 is 0. The van der Waals surface area contributed by atoms with Gasteiger partial charge >= 0.3 is 0 Å². The fourth-order valence-electron chi connectivity index (χ4n) is 2.87. The number of nitrogens with one attached hydrogen (secondary N) is 2. The molecule has 116 valence electrons. The molecular weight excluding hydrogens is 264 g/mol. The van der Waals surface area contributed by atoms with Gasteiger partial charge in [0.15, 0.2) is 0 Å². The van der Waals surface area contributed by atoms with Crippen molar-refractivity contribution in [2.24, 2.45) is 0 Å². The second-order valence-electron chi connectivity index (χ2n) is 5.72. The zero-order chi connectivity index (χ0) is 15.1. The van der Waals surface area contributed by atoms with E-state index in [0.29, 0.717) is 0 Å². The topological polar surface area (TPSA) is 50.4 Å². The maximum atomic E-state index is 12.6. The van der Waals surface area contributed by atoms with Gasteiger partial charge in [-0.3, -0.25) is 4.79 Å². The zero-order valence-electron chi connectivity index (χ0n) is 13.0. The third-order valence-corrected chi connectivity index (χ3v) is 4.37. The monoisotopic (exact) mass is 290 g/mol. The molecule has 4 heteroatoms. The van der Waals surface area contributed by atoms with Crippen LogP contribution in [0.25, 0.3) is 0 Å².